The van der Waals surface area contributed by atoms with E-state index in [0.717, 1.165) is 81.5 Å². The summed E-state index contributed by atoms with van der Waals surface area (Å²) in [4.78, 5) is 35.5. The van der Waals surface area contributed by atoms with Gasteiger partial charge in [-0.3, -0.25) is 19.5 Å². The van der Waals surface area contributed by atoms with E-state index in [1.165, 1.54) is 29.1 Å². The second-order valence-corrected chi connectivity index (χ2v) is 13.1. The van der Waals surface area contributed by atoms with Crippen molar-refractivity contribution in [2.75, 3.05) is 26.2 Å². The lowest BCUT2D eigenvalue weighted by Crippen LogP contribution is -2.48. The van der Waals surface area contributed by atoms with E-state index in [4.69, 9.17) is 11.6 Å². The van der Waals surface area contributed by atoms with E-state index in [1.807, 2.05) is 35.4 Å². The highest BCUT2D eigenvalue weighted by Gasteiger charge is 2.39. The predicted molar refractivity (Wildman–Crippen MR) is 170 cm³/mol. The van der Waals surface area contributed by atoms with Crippen LogP contribution in [0.3, 0.4) is 0 Å². The van der Waals surface area contributed by atoms with Gasteiger partial charge in [0.1, 0.15) is 5.82 Å². The number of halogens is 2. The van der Waals surface area contributed by atoms with E-state index in [0.29, 0.717) is 22.4 Å². The van der Waals surface area contributed by atoms with Gasteiger partial charge in [-0.2, -0.15) is 0 Å². The lowest BCUT2D eigenvalue weighted by Gasteiger charge is -2.47. The number of pyridine rings is 1. The van der Waals surface area contributed by atoms with Gasteiger partial charge in [-0.15, -0.1) is 0 Å². The predicted octanol–water partition coefficient (Wildman–Crippen LogP) is 6.96. The maximum absolute atomic E-state index is 14.3. The van der Waals surface area contributed by atoms with E-state index >= 15 is 0 Å². The van der Waals surface area contributed by atoms with Gasteiger partial charge in [0.05, 0.1) is 17.1 Å². The van der Waals surface area contributed by atoms with Crippen molar-refractivity contribution in [2.45, 2.75) is 51.1 Å². The maximum Gasteiger partial charge on any atom is 0.254 e. The second kappa shape index (κ2) is 11.9. The van der Waals surface area contributed by atoms with Gasteiger partial charge in [0.25, 0.3) is 11.8 Å². The van der Waals surface area contributed by atoms with Crippen LogP contribution in [0.5, 0.6) is 0 Å². The molecule has 3 heterocycles. The van der Waals surface area contributed by atoms with Crippen molar-refractivity contribution in [1.29, 1.82) is 0 Å². The number of nitrogens with one attached hydrogen (secondary N) is 1. The van der Waals surface area contributed by atoms with Crippen molar-refractivity contribution in [2.24, 2.45) is 5.41 Å². The lowest BCUT2D eigenvalue weighted by molar-refractivity contribution is 0.0285. The Bertz CT molecular complexity index is 1720. The summed E-state index contributed by atoms with van der Waals surface area (Å²) >= 11 is 6.00. The molecule has 0 saturated carbocycles. The van der Waals surface area contributed by atoms with Crippen LogP contribution in [0, 0.1) is 11.2 Å². The molecule has 226 valence electrons. The van der Waals surface area contributed by atoms with E-state index in [9.17, 15) is 14.0 Å². The Balaban J connectivity index is 0.947. The fraction of sp³-hybridized carbons (Fsp3) is 0.361. The molecule has 8 heteroatoms. The summed E-state index contributed by atoms with van der Waals surface area (Å²) < 4.78 is 14.3. The monoisotopic (exact) mass is 610 g/mol. The van der Waals surface area contributed by atoms with Crippen molar-refractivity contribution in [3.05, 3.63) is 112 Å². The molecule has 1 aliphatic carbocycles. The molecular formula is C36H36ClFN4O2. The summed E-state index contributed by atoms with van der Waals surface area (Å²) in [6, 6.07) is 20.2. The number of piperidine rings is 2. The number of carbonyl (C=O) groups excluding carboxylic acids is 2. The number of benzene rings is 3. The number of carbonyl (C=O) groups is 2. The minimum Gasteiger partial charge on any atom is -0.345 e. The highest BCUT2D eigenvalue weighted by atomic mass is 35.5. The first kappa shape index (κ1) is 28.9. The fourth-order valence-corrected chi connectivity index (χ4v) is 7.50. The average molecular weight is 611 g/mol. The van der Waals surface area contributed by atoms with Crippen LogP contribution in [0.15, 0.2) is 72.9 Å². The molecule has 1 N–H and O–H groups in total. The Labute approximate surface area is 262 Å². The smallest absolute Gasteiger partial charge is 0.254 e. The van der Waals surface area contributed by atoms with Crippen LogP contribution < -0.4 is 5.32 Å². The molecule has 1 unspecified atom stereocenters. The van der Waals surface area contributed by atoms with Gasteiger partial charge in [0.15, 0.2) is 0 Å². The van der Waals surface area contributed by atoms with Gasteiger partial charge in [-0.05, 0) is 122 Å². The molecule has 6 nitrogen and oxygen atoms in total. The number of hydrogen-bond donors (Lipinski definition) is 1. The van der Waals surface area contributed by atoms with Crippen LogP contribution in [0.2, 0.25) is 5.02 Å². The highest BCUT2D eigenvalue weighted by molar-refractivity contribution is 6.31. The number of amides is 2. The number of fused-ring (bicyclic) bond motifs is 2. The first-order valence-electron chi connectivity index (χ1n) is 15.6. The summed E-state index contributed by atoms with van der Waals surface area (Å²) in [6.07, 6.45) is 7.74. The summed E-state index contributed by atoms with van der Waals surface area (Å²) in [7, 11) is 0. The molecular weight excluding hydrogens is 575 g/mol. The first-order chi connectivity index (χ1) is 21.4. The minimum atomic E-state index is -0.606. The Morgan fingerprint density at radius 1 is 0.955 bits per heavy atom. The zero-order valence-corrected chi connectivity index (χ0v) is 25.5. The largest absolute Gasteiger partial charge is 0.345 e. The van der Waals surface area contributed by atoms with Crippen LogP contribution in [0.4, 0.5) is 4.39 Å². The second-order valence-electron chi connectivity index (χ2n) is 12.7. The SMILES string of the molecule is O=C(NC1CCc2ccc(C(=O)N3CCC4(CCN(Cc5ccc6ncccc6c5)CC4)CC3)cc21)c1cc(Cl)ccc1F. The molecule has 1 aromatic heterocycles. The Hall–Kier alpha value is -3.81. The standard InChI is InChI=1S/C36H36ClFN4O2/c37-28-7-8-31(38)30(22-28)34(43)40-33-10-6-25-4-5-27(21-29(25)33)35(44)42-18-13-36(14-19-42)11-16-41(17-12-36)23-24-3-9-32-26(20-24)2-1-15-39-32/h1-5,7-9,15,20-22,33H,6,10-14,16-19,23H2,(H,40,43). The summed E-state index contributed by atoms with van der Waals surface area (Å²) in [5.74, 6) is -1.06. The number of likely N-dealkylation sites (tertiary alicyclic amines) is 2. The normalized spacial score (nSPS) is 19.7. The molecule has 1 atom stereocenters. The summed E-state index contributed by atoms with van der Waals surface area (Å²) in [5.41, 5.74) is 5.30. The average Bonchev–Trinajstić information content (AvgIpc) is 3.45. The van der Waals surface area contributed by atoms with Gasteiger partial charge in [0, 0.05) is 41.8 Å². The minimum absolute atomic E-state index is 0.0451. The Morgan fingerprint density at radius 2 is 1.75 bits per heavy atom. The Kier molecular flexibility index (Phi) is 7.85. The third-order valence-corrected chi connectivity index (χ3v) is 10.3. The van der Waals surface area contributed by atoms with Crippen LogP contribution in [0.1, 0.15) is 75.6 Å². The van der Waals surface area contributed by atoms with Gasteiger partial charge in [-0.1, -0.05) is 29.8 Å². The van der Waals surface area contributed by atoms with E-state index in [2.05, 4.69) is 39.5 Å². The lowest BCUT2D eigenvalue weighted by atomic mass is 9.71. The molecule has 2 aliphatic heterocycles. The van der Waals surface area contributed by atoms with Crippen LogP contribution in [-0.4, -0.2) is 52.8 Å². The van der Waals surface area contributed by atoms with Crippen molar-refractivity contribution in [3.63, 3.8) is 0 Å². The number of aryl methyl sites for hydroxylation is 1. The van der Waals surface area contributed by atoms with Gasteiger partial charge < -0.3 is 10.2 Å². The molecule has 1 spiro atoms. The van der Waals surface area contributed by atoms with E-state index in [-0.39, 0.29) is 17.5 Å². The zero-order chi connectivity index (χ0) is 30.3. The van der Waals surface area contributed by atoms with Crippen molar-refractivity contribution < 1.29 is 14.0 Å². The molecule has 2 fully saturated rings. The number of rotatable bonds is 5. The number of nitrogens with zero attached hydrogens (tertiary/aromatic N) is 3. The van der Waals surface area contributed by atoms with Crippen LogP contribution >= 0.6 is 11.6 Å². The molecule has 2 saturated heterocycles. The number of aromatic nitrogens is 1. The molecule has 0 bridgehead atoms. The fourth-order valence-electron chi connectivity index (χ4n) is 7.33. The quantitative estimate of drug-likeness (QED) is 0.265. The third-order valence-electron chi connectivity index (χ3n) is 10.1. The summed E-state index contributed by atoms with van der Waals surface area (Å²) in [6.45, 7) is 4.65. The third kappa shape index (κ3) is 5.83. The Morgan fingerprint density at radius 3 is 2.57 bits per heavy atom. The van der Waals surface area contributed by atoms with Crippen LogP contribution in [-0.2, 0) is 13.0 Å². The summed E-state index contributed by atoms with van der Waals surface area (Å²) in [5, 5.41) is 4.46. The zero-order valence-electron chi connectivity index (χ0n) is 24.7. The van der Waals surface area contributed by atoms with Crippen LogP contribution in [0.25, 0.3) is 10.9 Å². The topological polar surface area (TPSA) is 65.5 Å². The van der Waals surface area contributed by atoms with E-state index < -0.39 is 11.7 Å². The molecule has 3 aromatic carbocycles. The number of hydrogen-bond acceptors (Lipinski definition) is 4. The molecule has 3 aliphatic rings. The molecule has 44 heavy (non-hydrogen) atoms. The maximum atomic E-state index is 14.3. The molecule has 2 amide bonds. The van der Waals surface area contributed by atoms with Gasteiger partial charge in [0.2, 0.25) is 0 Å². The van der Waals surface area contributed by atoms with Gasteiger partial charge in [-0.25, -0.2) is 4.39 Å². The molecule has 0 radical (unpaired) electrons. The van der Waals surface area contributed by atoms with E-state index in [1.54, 1.807) is 0 Å². The molecule has 4 aromatic rings. The van der Waals surface area contributed by atoms with Gasteiger partial charge >= 0.3 is 0 Å². The van der Waals surface area contributed by atoms with Crippen molar-refractivity contribution in [1.82, 2.24) is 20.1 Å². The molecule has 7 rings (SSSR count). The highest BCUT2D eigenvalue weighted by Crippen LogP contribution is 2.42. The van der Waals surface area contributed by atoms with Crippen molar-refractivity contribution >= 4 is 34.3 Å². The van der Waals surface area contributed by atoms with Crippen molar-refractivity contribution in [3.8, 4) is 0 Å². The first-order valence-corrected chi connectivity index (χ1v) is 16.0.